The summed E-state index contributed by atoms with van der Waals surface area (Å²) in [6.45, 7) is 2.11. The lowest BCUT2D eigenvalue weighted by Gasteiger charge is -2.39. The molecule has 0 bridgehead atoms. The van der Waals surface area contributed by atoms with E-state index in [1.54, 1.807) is 0 Å². The van der Waals surface area contributed by atoms with Crippen LogP contribution in [0.25, 0.3) is 0 Å². The van der Waals surface area contributed by atoms with E-state index in [0.29, 0.717) is 19.5 Å². The summed E-state index contributed by atoms with van der Waals surface area (Å²) in [5, 5.41) is 5.94. The van der Waals surface area contributed by atoms with E-state index in [1.165, 1.54) is 11.3 Å². The van der Waals surface area contributed by atoms with Gasteiger partial charge in [-0.25, -0.2) is 4.79 Å². The van der Waals surface area contributed by atoms with E-state index in [4.69, 9.17) is 11.6 Å². The third-order valence-electron chi connectivity index (χ3n) is 6.66. The molecule has 5 rings (SSSR count). The van der Waals surface area contributed by atoms with Crippen LogP contribution < -0.4 is 15.5 Å². The minimum Gasteiger partial charge on any atom is -0.364 e. The lowest BCUT2D eigenvalue weighted by Crippen LogP contribution is -2.54. The topological polar surface area (TPSA) is 81.8 Å². The molecule has 2 atom stereocenters. The first kappa shape index (κ1) is 17.8. The fourth-order valence-electron chi connectivity index (χ4n) is 5.04. The maximum atomic E-state index is 12.9. The van der Waals surface area contributed by atoms with Crippen LogP contribution in [-0.2, 0) is 16.0 Å². The van der Waals surface area contributed by atoms with Crippen molar-refractivity contribution in [1.82, 2.24) is 15.5 Å². The summed E-state index contributed by atoms with van der Waals surface area (Å²) in [7, 11) is 0. The second-order valence-corrected chi connectivity index (χ2v) is 8.69. The summed E-state index contributed by atoms with van der Waals surface area (Å²) >= 11 is 6.35. The average Bonchev–Trinajstić information content (AvgIpc) is 3.40. The number of carbonyl (C=O) groups is 3. The first-order valence-electron chi connectivity index (χ1n) is 9.93. The van der Waals surface area contributed by atoms with E-state index >= 15 is 0 Å². The number of urea groups is 1. The van der Waals surface area contributed by atoms with Crippen LogP contribution in [0.5, 0.6) is 0 Å². The van der Waals surface area contributed by atoms with Crippen molar-refractivity contribution in [2.75, 3.05) is 24.5 Å². The molecule has 0 spiro atoms. The highest BCUT2D eigenvalue weighted by atomic mass is 35.5. The number of rotatable bonds is 4. The third-order valence-corrected chi connectivity index (χ3v) is 7.01. The Kier molecular flexibility index (Phi) is 4.05. The van der Waals surface area contributed by atoms with Gasteiger partial charge in [0.15, 0.2) is 0 Å². The molecule has 28 heavy (non-hydrogen) atoms. The van der Waals surface area contributed by atoms with Crippen LogP contribution in [0.2, 0.25) is 5.02 Å². The van der Waals surface area contributed by atoms with Gasteiger partial charge in [0.25, 0.3) is 5.91 Å². The largest absolute Gasteiger partial charge is 0.364 e. The predicted molar refractivity (Wildman–Crippen MR) is 104 cm³/mol. The van der Waals surface area contributed by atoms with Crippen LogP contribution in [0.4, 0.5) is 10.5 Å². The third kappa shape index (κ3) is 2.75. The molecule has 148 valence electrons. The molecule has 0 aromatic heterocycles. The Morgan fingerprint density at radius 2 is 2.07 bits per heavy atom. The van der Waals surface area contributed by atoms with Crippen molar-refractivity contribution >= 4 is 35.1 Å². The highest BCUT2D eigenvalue weighted by Gasteiger charge is 2.55. The molecule has 1 aromatic rings. The highest BCUT2D eigenvalue weighted by Crippen LogP contribution is 2.44. The zero-order valence-electron chi connectivity index (χ0n) is 15.5. The zero-order chi connectivity index (χ0) is 19.5. The van der Waals surface area contributed by atoms with E-state index in [0.717, 1.165) is 30.8 Å². The SMILES string of the molecule is O=C1NC(=O)[C@](CCC(=O)N2CCN3c4cccc(Cl)c4CC3C2)(C2CC2)N1. The van der Waals surface area contributed by atoms with Crippen molar-refractivity contribution in [3.63, 3.8) is 0 Å². The molecular formula is C20H23ClN4O3. The van der Waals surface area contributed by atoms with E-state index < -0.39 is 11.6 Å². The maximum absolute atomic E-state index is 12.9. The van der Waals surface area contributed by atoms with Crippen LogP contribution in [0.1, 0.15) is 31.2 Å². The second-order valence-electron chi connectivity index (χ2n) is 8.28. The first-order chi connectivity index (χ1) is 13.5. The number of fused-ring (bicyclic) bond motifs is 3. The summed E-state index contributed by atoms with van der Waals surface area (Å²) in [6.07, 6.45) is 3.32. The van der Waals surface area contributed by atoms with Crippen LogP contribution in [-0.4, -0.2) is 54.0 Å². The van der Waals surface area contributed by atoms with Gasteiger partial charge in [0.1, 0.15) is 5.54 Å². The smallest absolute Gasteiger partial charge is 0.322 e. The number of nitrogens with zero attached hydrogens (tertiary/aromatic N) is 2. The number of piperazine rings is 1. The second kappa shape index (κ2) is 6.37. The number of nitrogens with one attached hydrogen (secondary N) is 2. The van der Waals surface area contributed by atoms with Gasteiger partial charge in [0.2, 0.25) is 5.91 Å². The number of halogens is 1. The van der Waals surface area contributed by atoms with Crippen LogP contribution in [0.3, 0.4) is 0 Å². The number of benzene rings is 1. The van der Waals surface area contributed by atoms with E-state index in [-0.39, 0.29) is 30.2 Å². The Morgan fingerprint density at radius 1 is 1.25 bits per heavy atom. The summed E-state index contributed by atoms with van der Waals surface area (Å²) in [5.74, 6) is -0.0794. The first-order valence-corrected chi connectivity index (χ1v) is 10.3. The minimum atomic E-state index is -0.897. The molecule has 8 heteroatoms. The van der Waals surface area contributed by atoms with Gasteiger partial charge >= 0.3 is 6.03 Å². The van der Waals surface area contributed by atoms with Crippen LogP contribution in [0.15, 0.2) is 18.2 Å². The molecule has 3 aliphatic heterocycles. The molecule has 0 radical (unpaired) electrons. The summed E-state index contributed by atoms with van der Waals surface area (Å²) < 4.78 is 0. The average molecular weight is 403 g/mol. The predicted octanol–water partition coefficient (Wildman–Crippen LogP) is 1.68. The molecule has 1 saturated carbocycles. The normalized spacial score (nSPS) is 28.7. The Bertz CT molecular complexity index is 871. The van der Waals surface area contributed by atoms with Crippen LogP contribution in [0, 0.1) is 5.92 Å². The number of anilines is 1. The summed E-state index contributed by atoms with van der Waals surface area (Å²) in [4.78, 5) is 41.1. The van der Waals surface area contributed by atoms with Crippen LogP contribution >= 0.6 is 11.6 Å². The fraction of sp³-hybridized carbons (Fsp3) is 0.550. The summed E-state index contributed by atoms with van der Waals surface area (Å²) in [6, 6.07) is 5.79. The van der Waals surface area contributed by atoms with Gasteiger partial charge in [-0.05, 0) is 49.3 Å². The van der Waals surface area contributed by atoms with Crippen molar-refractivity contribution in [2.45, 2.75) is 43.7 Å². The van der Waals surface area contributed by atoms with Gasteiger partial charge in [-0.2, -0.15) is 0 Å². The van der Waals surface area contributed by atoms with Gasteiger partial charge in [0.05, 0.1) is 6.04 Å². The van der Waals surface area contributed by atoms with Crippen molar-refractivity contribution < 1.29 is 14.4 Å². The number of amides is 4. The molecule has 7 nitrogen and oxygen atoms in total. The Labute approximate surface area is 168 Å². The maximum Gasteiger partial charge on any atom is 0.322 e. The lowest BCUT2D eigenvalue weighted by atomic mass is 9.87. The van der Waals surface area contributed by atoms with Crippen molar-refractivity contribution in [1.29, 1.82) is 0 Å². The Morgan fingerprint density at radius 3 is 2.79 bits per heavy atom. The van der Waals surface area contributed by atoms with E-state index in [1.807, 2.05) is 17.0 Å². The van der Waals surface area contributed by atoms with Gasteiger partial charge in [-0.1, -0.05) is 17.7 Å². The van der Waals surface area contributed by atoms with E-state index in [9.17, 15) is 14.4 Å². The van der Waals surface area contributed by atoms with Gasteiger partial charge in [-0.3, -0.25) is 14.9 Å². The molecule has 1 aliphatic carbocycles. The van der Waals surface area contributed by atoms with Gasteiger partial charge in [0, 0.05) is 36.8 Å². The molecule has 3 fully saturated rings. The molecular weight excluding hydrogens is 380 g/mol. The Hall–Kier alpha value is -2.28. The molecule has 4 aliphatic rings. The van der Waals surface area contributed by atoms with Crippen molar-refractivity contribution in [3.05, 3.63) is 28.8 Å². The molecule has 3 heterocycles. The molecule has 1 unspecified atom stereocenters. The quantitative estimate of drug-likeness (QED) is 0.751. The van der Waals surface area contributed by atoms with Crippen molar-refractivity contribution in [3.8, 4) is 0 Å². The standard InChI is InChI=1S/C20H23ClN4O3/c21-15-2-1-3-16-14(15)10-13-11-24(8-9-25(13)16)17(26)6-7-20(12-4-5-12)18(27)22-19(28)23-20/h1-3,12-13H,4-11H2,(H2,22,23,27,28)/t13?,20-/m0/s1. The number of hydrogen-bond acceptors (Lipinski definition) is 4. The molecule has 2 N–H and O–H groups in total. The van der Waals surface area contributed by atoms with Crippen molar-refractivity contribution in [2.24, 2.45) is 5.92 Å². The molecule has 1 aromatic carbocycles. The van der Waals surface area contributed by atoms with E-state index in [2.05, 4.69) is 21.6 Å². The monoisotopic (exact) mass is 402 g/mol. The number of carbonyl (C=O) groups excluding carboxylic acids is 3. The lowest BCUT2D eigenvalue weighted by molar-refractivity contribution is -0.133. The molecule has 2 saturated heterocycles. The van der Waals surface area contributed by atoms with Gasteiger partial charge in [-0.15, -0.1) is 0 Å². The minimum absolute atomic E-state index is 0.0516. The summed E-state index contributed by atoms with van der Waals surface area (Å²) in [5.41, 5.74) is 1.45. The number of imide groups is 1. The van der Waals surface area contributed by atoms with Gasteiger partial charge < -0.3 is 15.1 Å². The highest BCUT2D eigenvalue weighted by molar-refractivity contribution is 6.31. The molecule has 4 amide bonds. The zero-order valence-corrected chi connectivity index (χ0v) is 16.3. The number of hydrogen-bond donors (Lipinski definition) is 2. The Balaban J connectivity index is 1.24. The fourth-order valence-corrected chi connectivity index (χ4v) is 5.29.